The molecule has 2 aromatic heterocycles. The lowest BCUT2D eigenvalue weighted by Crippen LogP contribution is -1.94. The van der Waals surface area contributed by atoms with Gasteiger partial charge in [0.1, 0.15) is 17.3 Å². The summed E-state index contributed by atoms with van der Waals surface area (Å²) in [6, 6.07) is 9.32. The van der Waals surface area contributed by atoms with Crippen molar-refractivity contribution in [3.63, 3.8) is 0 Å². The van der Waals surface area contributed by atoms with Crippen LogP contribution >= 0.6 is 27.5 Å². The van der Waals surface area contributed by atoms with Crippen LogP contribution in [0, 0.1) is 0 Å². The predicted octanol–water partition coefficient (Wildman–Crippen LogP) is 4.01. The van der Waals surface area contributed by atoms with E-state index in [0.29, 0.717) is 22.2 Å². The molecule has 0 amide bonds. The molecular weight excluding hydrogens is 342 g/mol. The molecular formula is C14H11BrClN3O. The molecule has 0 saturated heterocycles. The normalized spacial score (nSPS) is 10.9. The summed E-state index contributed by atoms with van der Waals surface area (Å²) in [6.45, 7) is 0. The minimum Gasteiger partial charge on any atom is -0.496 e. The minimum absolute atomic E-state index is 0.555. The molecule has 0 atom stereocenters. The van der Waals surface area contributed by atoms with Crippen molar-refractivity contribution in [1.29, 1.82) is 0 Å². The van der Waals surface area contributed by atoms with E-state index in [0.717, 1.165) is 15.8 Å². The third kappa shape index (κ3) is 2.03. The van der Waals surface area contributed by atoms with Crippen molar-refractivity contribution in [2.75, 3.05) is 12.8 Å². The quantitative estimate of drug-likeness (QED) is 0.758. The first kappa shape index (κ1) is 13.3. The lowest BCUT2D eigenvalue weighted by Gasteiger charge is -2.05. The number of nitrogens with two attached hydrogens (primary N) is 1. The van der Waals surface area contributed by atoms with Crippen LogP contribution < -0.4 is 10.5 Å². The van der Waals surface area contributed by atoms with Crippen molar-refractivity contribution in [2.45, 2.75) is 0 Å². The highest BCUT2D eigenvalue weighted by atomic mass is 79.9. The molecule has 0 unspecified atom stereocenters. The highest BCUT2D eigenvalue weighted by molar-refractivity contribution is 9.10. The first-order valence-corrected chi connectivity index (χ1v) is 7.05. The molecule has 4 nitrogen and oxygen atoms in total. The van der Waals surface area contributed by atoms with Gasteiger partial charge in [0.05, 0.1) is 16.6 Å². The molecule has 2 heterocycles. The third-order valence-electron chi connectivity index (χ3n) is 3.06. The van der Waals surface area contributed by atoms with Gasteiger partial charge in [-0.2, -0.15) is 0 Å². The van der Waals surface area contributed by atoms with Crippen LogP contribution in [0.15, 0.2) is 41.0 Å². The fourth-order valence-corrected chi connectivity index (χ4v) is 2.83. The van der Waals surface area contributed by atoms with Gasteiger partial charge in [0.2, 0.25) is 0 Å². The minimum atomic E-state index is 0.555. The fourth-order valence-electron chi connectivity index (χ4n) is 2.08. The Kier molecular flexibility index (Phi) is 3.31. The SMILES string of the molecule is COc1ccc(-c2nc3c(Cl)cccn3c2N)cc1Br. The Labute approximate surface area is 129 Å². The van der Waals surface area contributed by atoms with Crippen LogP contribution in [0.2, 0.25) is 5.02 Å². The Morgan fingerprint density at radius 3 is 2.80 bits per heavy atom. The summed E-state index contributed by atoms with van der Waals surface area (Å²) in [5.41, 5.74) is 8.40. The number of benzene rings is 1. The average molecular weight is 353 g/mol. The largest absolute Gasteiger partial charge is 0.496 e. The standard InChI is InChI=1S/C14H11BrClN3O/c1-20-11-5-4-8(7-9(11)15)12-13(17)19-6-2-3-10(16)14(19)18-12/h2-7H,17H2,1H3. The molecule has 102 valence electrons. The zero-order valence-corrected chi connectivity index (χ0v) is 12.9. The van der Waals surface area contributed by atoms with Gasteiger partial charge in [-0.05, 0) is 46.3 Å². The van der Waals surface area contributed by atoms with Crippen molar-refractivity contribution in [1.82, 2.24) is 9.38 Å². The van der Waals surface area contributed by atoms with E-state index in [1.54, 1.807) is 17.6 Å². The Morgan fingerprint density at radius 2 is 2.15 bits per heavy atom. The van der Waals surface area contributed by atoms with Gasteiger partial charge in [0.15, 0.2) is 5.65 Å². The number of ether oxygens (including phenoxy) is 1. The van der Waals surface area contributed by atoms with Gasteiger partial charge in [-0.1, -0.05) is 11.6 Å². The van der Waals surface area contributed by atoms with Crippen LogP contribution in [-0.2, 0) is 0 Å². The van der Waals surface area contributed by atoms with E-state index >= 15 is 0 Å². The molecule has 0 aliphatic rings. The van der Waals surface area contributed by atoms with Crippen LogP contribution in [0.25, 0.3) is 16.9 Å². The second-order valence-corrected chi connectivity index (χ2v) is 5.51. The van der Waals surface area contributed by atoms with Crippen LogP contribution in [0.4, 0.5) is 5.82 Å². The number of halogens is 2. The van der Waals surface area contributed by atoms with Crippen molar-refractivity contribution < 1.29 is 4.74 Å². The summed E-state index contributed by atoms with van der Waals surface area (Å²) in [4.78, 5) is 4.52. The zero-order chi connectivity index (χ0) is 14.3. The number of aromatic nitrogens is 2. The van der Waals surface area contributed by atoms with E-state index in [9.17, 15) is 0 Å². The molecule has 3 rings (SSSR count). The van der Waals surface area contributed by atoms with Gasteiger partial charge >= 0.3 is 0 Å². The number of rotatable bonds is 2. The number of fused-ring (bicyclic) bond motifs is 1. The molecule has 6 heteroatoms. The summed E-state index contributed by atoms with van der Waals surface area (Å²) < 4.78 is 7.84. The molecule has 2 N–H and O–H groups in total. The molecule has 3 aromatic rings. The number of imidazole rings is 1. The Hall–Kier alpha value is -1.72. The summed E-state index contributed by atoms with van der Waals surface area (Å²) in [5.74, 6) is 1.31. The summed E-state index contributed by atoms with van der Waals surface area (Å²) in [6.07, 6.45) is 1.84. The molecule has 1 aromatic carbocycles. The second-order valence-electron chi connectivity index (χ2n) is 4.24. The Bertz CT molecular complexity index is 800. The van der Waals surface area contributed by atoms with Crippen LogP contribution in [-0.4, -0.2) is 16.5 Å². The number of methoxy groups -OCH3 is 1. The summed E-state index contributed by atoms with van der Waals surface area (Å²) >= 11 is 9.60. The topological polar surface area (TPSA) is 52.5 Å². The first-order valence-electron chi connectivity index (χ1n) is 5.88. The van der Waals surface area contributed by atoms with Crippen LogP contribution in [0.5, 0.6) is 5.75 Å². The molecule has 0 saturated carbocycles. The molecule has 0 aliphatic heterocycles. The van der Waals surface area contributed by atoms with E-state index < -0.39 is 0 Å². The maximum Gasteiger partial charge on any atom is 0.157 e. The molecule has 0 aliphatic carbocycles. The van der Waals surface area contributed by atoms with Gasteiger partial charge < -0.3 is 10.5 Å². The van der Waals surface area contributed by atoms with E-state index in [2.05, 4.69) is 20.9 Å². The Balaban J connectivity index is 2.22. The van der Waals surface area contributed by atoms with Crippen molar-refractivity contribution >= 4 is 39.0 Å². The molecule has 0 spiro atoms. The highest BCUT2D eigenvalue weighted by Gasteiger charge is 2.14. The lowest BCUT2D eigenvalue weighted by molar-refractivity contribution is 0.412. The fraction of sp³-hybridized carbons (Fsp3) is 0.0714. The van der Waals surface area contributed by atoms with Gasteiger partial charge in [-0.3, -0.25) is 4.40 Å². The molecule has 0 radical (unpaired) electrons. The van der Waals surface area contributed by atoms with E-state index in [-0.39, 0.29) is 0 Å². The summed E-state index contributed by atoms with van der Waals surface area (Å²) in [5, 5.41) is 0.568. The number of hydrogen-bond acceptors (Lipinski definition) is 3. The lowest BCUT2D eigenvalue weighted by atomic mass is 10.1. The van der Waals surface area contributed by atoms with E-state index in [1.807, 2.05) is 30.5 Å². The van der Waals surface area contributed by atoms with Crippen molar-refractivity contribution in [2.24, 2.45) is 0 Å². The summed E-state index contributed by atoms with van der Waals surface area (Å²) in [7, 11) is 1.62. The van der Waals surface area contributed by atoms with Crippen LogP contribution in [0.3, 0.4) is 0 Å². The highest BCUT2D eigenvalue weighted by Crippen LogP contribution is 2.34. The maximum absolute atomic E-state index is 6.16. The van der Waals surface area contributed by atoms with Gasteiger partial charge in [0.25, 0.3) is 0 Å². The maximum atomic E-state index is 6.16. The van der Waals surface area contributed by atoms with Crippen LogP contribution in [0.1, 0.15) is 0 Å². The smallest absolute Gasteiger partial charge is 0.157 e. The van der Waals surface area contributed by atoms with Crippen molar-refractivity contribution in [3.05, 3.63) is 46.0 Å². The number of pyridine rings is 1. The second kappa shape index (κ2) is 5.00. The van der Waals surface area contributed by atoms with Gasteiger partial charge in [0, 0.05) is 11.8 Å². The Morgan fingerprint density at radius 1 is 1.35 bits per heavy atom. The number of hydrogen-bond donors (Lipinski definition) is 1. The number of anilines is 1. The van der Waals surface area contributed by atoms with E-state index in [1.165, 1.54) is 0 Å². The van der Waals surface area contributed by atoms with Gasteiger partial charge in [-0.15, -0.1) is 0 Å². The molecule has 0 fully saturated rings. The van der Waals surface area contributed by atoms with Gasteiger partial charge in [-0.25, -0.2) is 4.98 Å². The first-order chi connectivity index (χ1) is 9.61. The van der Waals surface area contributed by atoms with Crippen molar-refractivity contribution in [3.8, 4) is 17.0 Å². The molecule has 20 heavy (non-hydrogen) atoms. The average Bonchev–Trinajstić information content (AvgIpc) is 2.78. The molecule has 0 bridgehead atoms. The zero-order valence-electron chi connectivity index (χ0n) is 10.6. The predicted molar refractivity (Wildman–Crippen MR) is 84.3 cm³/mol. The number of nitrogens with zero attached hydrogens (tertiary/aromatic N) is 2. The monoisotopic (exact) mass is 351 g/mol. The third-order valence-corrected chi connectivity index (χ3v) is 3.98. The number of nitrogen functional groups attached to an aromatic ring is 1. The van der Waals surface area contributed by atoms with E-state index in [4.69, 9.17) is 22.1 Å².